The van der Waals surface area contributed by atoms with Crippen LogP contribution in [-0.2, 0) is 10.0 Å². The number of hydrogen-bond donors (Lipinski definition) is 1. The minimum Gasteiger partial charge on any atom is -0.405 e. The van der Waals surface area contributed by atoms with Gasteiger partial charge in [0.15, 0.2) is 5.25 Å². The number of anilines is 1. The molecule has 0 spiro atoms. The summed E-state index contributed by atoms with van der Waals surface area (Å²) in [6, 6.07) is 4.81. The van der Waals surface area contributed by atoms with Gasteiger partial charge in [0.1, 0.15) is 5.75 Å². The highest BCUT2D eigenvalue weighted by atomic mass is 79.9. The minimum absolute atomic E-state index is 0.0186. The van der Waals surface area contributed by atoms with Crippen molar-refractivity contribution in [2.24, 2.45) is 0 Å². The van der Waals surface area contributed by atoms with Crippen LogP contribution >= 0.6 is 15.9 Å². The van der Waals surface area contributed by atoms with Crippen LogP contribution in [0.4, 0.5) is 18.9 Å². The number of rotatable bonds is 5. The third-order valence-corrected chi connectivity index (χ3v) is 4.63. The number of sulfonamides is 1. The number of ether oxygens (including phenoxy) is 1. The molecule has 0 aliphatic heterocycles. The molecule has 1 aromatic rings. The smallest absolute Gasteiger partial charge is 0.405 e. The van der Waals surface area contributed by atoms with E-state index in [9.17, 15) is 21.6 Å². The van der Waals surface area contributed by atoms with E-state index in [1.165, 1.54) is 6.92 Å². The van der Waals surface area contributed by atoms with E-state index in [1.54, 1.807) is 6.07 Å². The van der Waals surface area contributed by atoms with Gasteiger partial charge in [0.25, 0.3) is 0 Å². The van der Waals surface area contributed by atoms with Gasteiger partial charge in [-0.2, -0.15) is 5.26 Å². The minimum atomic E-state index is -4.85. The molecule has 0 amide bonds. The number of hydrogen-bond acceptors (Lipinski definition) is 4. The van der Waals surface area contributed by atoms with Crippen LogP contribution in [0.15, 0.2) is 22.7 Å². The van der Waals surface area contributed by atoms with Crippen LogP contribution in [0.25, 0.3) is 0 Å². The van der Waals surface area contributed by atoms with Gasteiger partial charge in [0.05, 0.1) is 10.5 Å². The Morgan fingerprint density at radius 3 is 2.52 bits per heavy atom. The fourth-order valence-corrected chi connectivity index (χ4v) is 3.02. The molecule has 5 nitrogen and oxygen atoms in total. The average Bonchev–Trinajstić information content (AvgIpc) is 2.32. The summed E-state index contributed by atoms with van der Waals surface area (Å²) in [4.78, 5) is 0. The predicted octanol–water partition coefficient (Wildman–Crippen LogP) is 3.39. The first kappa shape index (κ1) is 17.6. The van der Waals surface area contributed by atoms with Crippen LogP contribution in [0.1, 0.15) is 13.3 Å². The van der Waals surface area contributed by atoms with E-state index in [1.807, 2.05) is 0 Å². The monoisotopic (exact) mass is 386 g/mol. The second kappa shape index (κ2) is 6.53. The van der Waals surface area contributed by atoms with Crippen molar-refractivity contribution >= 4 is 31.6 Å². The number of nitrogens with zero attached hydrogens (tertiary/aromatic N) is 1. The molecular weight excluding hydrogens is 377 g/mol. The Balaban J connectivity index is 2.98. The first-order valence-corrected chi connectivity index (χ1v) is 7.89. The lowest BCUT2D eigenvalue weighted by Gasteiger charge is -2.14. The summed E-state index contributed by atoms with van der Waals surface area (Å²) in [5.41, 5.74) is 0.0186. The molecule has 10 heteroatoms. The van der Waals surface area contributed by atoms with Gasteiger partial charge in [-0.15, -0.1) is 13.2 Å². The lowest BCUT2D eigenvalue weighted by Crippen LogP contribution is -2.26. The summed E-state index contributed by atoms with van der Waals surface area (Å²) in [6.07, 6.45) is -4.76. The van der Waals surface area contributed by atoms with Gasteiger partial charge >= 0.3 is 6.36 Å². The van der Waals surface area contributed by atoms with E-state index in [-0.39, 0.29) is 16.6 Å². The zero-order chi connectivity index (χ0) is 16.3. The van der Waals surface area contributed by atoms with Gasteiger partial charge in [-0.3, -0.25) is 4.72 Å². The van der Waals surface area contributed by atoms with Crippen LogP contribution in [0.2, 0.25) is 0 Å². The topological polar surface area (TPSA) is 79.2 Å². The fourth-order valence-electron chi connectivity index (χ4n) is 1.39. The molecule has 1 rings (SSSR count). The number of alkyl halides is 3. The summed E-state index contributed by atoms with van der Waals surface area (Å²) in [5.74, 6) is -0.502. The lowest BCUT2D eigenvalue weighted by molar-refractivity contribution is -0.274. The SMILES string of the molecule is CCC(C#N)S(=O)(=O)Nc1ccc(OC(F)(F)F)c(Br)c1. The van der Waals surface area contributed by atoms with Crippen molar-refractivity contribution in [3.05, 3.63) is 22.7 Å². The summed E-state index contributed by atoms with van der Waals surface area (Å²) < 4.78 is 65.7. The fraction of sp³-hybridized carbons (Fsp3) is 0.364. The van der Waals surface area contributed by atoms with Crippen LogP contribution in [0.5, 0.6) is 5.75 Å². The number of benzene rings is 1. The Kier molecular flexibility index (Phi) is 5.47. The maximum atomic E-state index is 12.1. The van der Waals surface area contributed by atoms with Crippen LogP contribution < -0.4 is 9.46 Å². The number of nitrogens with one attached hydrogen (secondary N) is 1. The number of halogens is 4. The zero-order valence-electron chi connectivity index (χ0n) is 10.6. The first-order chi connectivity index (χ1) is 9.59. The quantitative estimate of drug-likeness (QED) is 0.840. The predicted molar refractivity (Wildman–Crippen MR) is 73.1 cm³/mol. The van der Waals surface area contributed by atoms with Gasteiger partial charge in [0.2, 0.25) is 10.0 Å². The molecule has 0 saturated heterocycles. The van der Waals surface area contributed by atoms with Gasteiger partial charge in [0, 0.05) is 5.69 Å². The van der Waals surface area contributed by atoms with Crippen molar-refractivity contribution in [2.45, 2.75) is 25.0 Å². The lowest BCUT2D eigenvalue weighted by atomic mass is 10.3. The molecule has 1 aromatic carbocycles. The maximum absolute atomic E-state index is 12.1. The molecule has 0 aliphatic rings. The van der Waals surface area contributed by atoms with Gasteiger partial charge < -0.3 is 4.74 Å². The van der Waals surface area contributed by atoms with Crippen LogP contribution in [-0.4, -0.2) is 20.0 Å². The second-order valence-electron chi connectivity index (χ2n) is 3.87. The molecule has 0 aromatic heterocycles. The highest BCUT2D eigenvalue weighted by Crippen LogP contribution is 2.32. The molecule has 0 aliphatic carbocycles. The number of nitriles is 1. The third-order valence-electron chi connectivity index (χ3n) is 2.31. The molecule has 21 heavy (non-hydrogen) atoms. The molecule has 0 bridgehead atoms. The summed E-state index contributed by atoms with van der Waals surface area (Å²) in [5, 5.41) is 7.49. The van der Waals surface area contributed by atoms with Crippen molar-refractivity contribution in [1.29, 1.82) is 5.26 Å². The molecule has 0 saturated carbocycles. The first-order valence-electron chi connectivity index (χ1n) is 5.55. The third kappa shape index (κ3) is 5.09. The maximum Gasteiger partial charge on any atom is 0.573 e. The largest absolute Gasteiger partial charge is 0.573 e. The second-order valence-corrected chi connectivity index (χ2v) is 6.58. The van der Waals surface area contributed by atoms with Gasteiger partial charge in [-0.1, -0.05) is 6.92 Å². The summed E-state index contributed by atoms with van der Waals surface area (Å²) in [7, 11) is -3.94. The molecule has 116 valence electrons. The van der Waals surface area contributed by atoms with Crippen molar-refractivity contribution in [3.63, 3.8) is 0 Å². The van der Waals surface area contributed by atoms with Crippen LogP contribution in [0, 0.1) is 11.3 Å². The van der Waals surface area contributed by atoms with Crippen LogP contribution in [0.3, 0.4) is 0 Å². The molecule has 0 fully saturated rings. The van der Waals surface area contributed by atoms with Crippen molar-refractivity contribution in [1.82, 2.24) is 0 Å². The Morgan fingerprint density at radius 1 is 1.48 bits per heavy atom. The van der Waals surface area contributed by atoms with Crippen molar-refractivity contribution in [3.8, 4) is 11.8 Å². The van der Waals surface area contributed by atoms with Crippen molar-refractivity contribution in [2.75, 3.05) is 4.72 Å². The standard InChI is InChI=1S/C11H10BrF3N2O3S/c1-2-8(6-16)21(18,19)17-7-3-4-10(9(12)5-7)20-11(13,14)15/h3-5,8,17H,2H2,1H3. The Hall–Kier alpha value is -1.47. The Labute approximate surface area is 127 Å². The highest BCUT2D eigenvalue weighted by Gasteiger charge is 2.32. The summed E-state index contributed by atoms with van der Waals surface area (Å²) >= 11 is 2.85. The van der Waals surface area contributed by atoms with E-state index in [4.69, 9.17) is 5.26 Å². The van der Waals surface area contributed by atoms with E-state index in [0.29, 0.717) is 0 Å². The summed E-state index contributed by atoms with van der Waals surface area (Å²) in [6.45, 7) is 1.53. The van der Waals surface area contributed by atoms with Crippen molar-refractivity contribution < 1.29 is 26.3 Å². The average molecular weight is 387 g/mol. The molecule has 1 atom stereocenters. The molecule has 0 heterocycles. The van der Waals surface area contributed by atoms with Gasteiger partial charge in [-0.05, 0) is 40.5 Å². The van der Waals surface area contributed by atoms with E-state index >= 15 is 0 Å². The molecule has 1 unspecified atom stereocenters. The Morgan fingerprint density at radius 2 is 2.10 bits per heavy atom. The normalized spacial score (nSPS) is 13.3. The van der Waals surface area contributed by atoms with E-state index < -0.39 is 27.4 Å². The van der Waals surface area contributed by atoms with E-state index in [0.717, 1.165) is 18.2 Å². The van der Waals surface area contributed by atoms with E-state index in [2.05, 4.69) is 25.4 Å². The molecular formula is C11H10BrF3N2O3S. The Bertz CT molecular complexity index is 656. The zero-order valence-corrected chi connectivity index (χ0v) is 13.0. The molecule has 0 radical (unpaired) electrons. The van der Waals surface area contributed by atoms with Gasteiger partial charge in [-0.25, -0.2) is 8.42 Å². The highest BCUT2D eigenvalue weighted by molar-refractivity contribution is 9.10. The molecule has 1 N–H and O–H groups in total.